The van der Waals surface area contributed by atoms with Gasteiger partial charge in [-0.05, 0) is 12.1 Å². The number of hydrogen-bond donors (Lipinski definition) is 0. The summed E-state index contributed by atoms with van der Waals surface area (Å²) in [6, 6.07) is 2.71. The van der Waals surface area contributed by atoms with E-state index in [0.717, 1.165) is 12.1 Å². The highest BCUT2D eigenvalue weighted by molar-refractivity contribution is 5.97. The maximum Gasteiger partial charge on any atom is 0.419 e. The second-order valence-electron chi connectivity index (χ2n) is 3.68. The van der Waals surface area contributed by atoms with Crippen molar-refractivity contribution in [3.8, 4) is 0 Å². The molecule has 1 rings (SSSR count). The largest absolute Gasteiger partial charge is 0.419 e. The maximum absolute atomic E-state index is 13.4. The molecule has 0 aliphatic heterocycles. The second kappa shape index (κ2) is 4.23. The fraction of sp³-hybridized carbons (Fsp3) is 0.364. The summed E-state index contributed by atoms with van der Waals surface area (Å²) in [6.07, 6.45) is -4.78. The lowest BCUT2D eigenvalue weighted by molar-refractivity contribution is -0.140. The summed E-state index contributed by atoms with van der Waals surface area (Å²) in [4.78, 5) is 11.4. The van der Waals surface area contributed by atoms with Gasteiger partial charge in [-0.15, -0.1) is 0 Å². The Labute approximate surface area is 90.1 Å². The van der Waals surface area contributed by atoms with Gasteiger partial charge in [0.2, 0.25) is 0 Å². The third-order valence-electron chi connectivity index (χ3n) is 2.09. The van der Waals surface area contributed by atoms with E-state index in [9.17, 15) is 22.4 Å². The number of carbonyl (C=O) groups is 1. The molecule has 0 radical (unpaired) electrons. The van der Waals surface area contributed by atoms with Crippen molar-refractivity contribution >= 4 is 5.78 Å². The predicted molar refractivity (Wildman–Crippen MR) is 50.6 cm³/mol. The van der Waals surface area contributed by atoms with Crippen molar-refractivity contribution in [3.05, 3.63) is 35.1 Å². The number of halogens is 4. The number of carbonyl (C=O) groups excluding carboxylic acids is 1. The molecular weight excluding hydrogens is 224 g/mol. The predicted octanol–water partition coefficient (Wildman–Crippen LogP) is 3.68. The minimum Gasteiger partial charge on any atom is -0.294 e. The van der Waals surface area contributed by atoms with E-state index >= 15 is 0 Å². The van der Waals surface area contributed by atoms with Crippen LogP contribution in [-0.2, 0) is 6.18 Å². The van der Waals surface area contributed by atoms with Crippen LogP contribution in [0.25, 0.3) is 0 Å². The number of rotatable bonds is 2. The van der Waals surface area contributed by atoms with Gasteiger partial charge in [-0.1, -0.05) is 19.9 Å². The van der Waals surface area contributed by atoms with Crippen molar-refractivity contribution in [2.24, 2.45) is 5.92 Å². The minimum absolute atomic E-state index is 0.509. The lowest BCUT2D eigenvalue weighted by Gasteiger charge is -2.11. The van der Waals surface area contributed by atoms with Gasteiger partial charge in [-0.3, -0.25) is 4.79 Å². The number of ketones is 1. The van der Waals surface area contributed by atoms with E-state index in [1.54, 1.807) is 0 Å². The Morgan fingerprint density at radius 2 is 1.81 bits per heavy atom. The first-order chi connectivity index (χ1) is 7.25. The Balaban J connectivity index is 3.30. The van der Waals surface area contributed by atoms with Crippen LogP contribution in [0.2, 0.25) is 0 Å². The molecule has 0 aliphatic rings. The molecular formula is C11H10F4O. The molecule has 16 heavy (non-hydrogen) atoms. The van der Waals surface area contributed by atoms with E-state index in [1.807, 2.05) is 0 Å². The van der Waals surface area contributed by atoms with Crippen LogP contribution in [-0.4, -0.2) is 5.78 Å². The van der Waals surface area contributed by atoms with Crippen LogP contribution in [0.3, 0.4) is 0 Å². The summed E-state index contributed by atoms with van der Waals surface area (Å²) in [5, 5.41) is 0. The van der Waals surface area contributed by atoms with Crippen molar-refractivity contribution in [2.45, 2.75) is 20.0 Å². The Hall–Kier alpha value is -1.39. The molecule has 0 aliphatic carbocycles. The number of alkyl halides is 3. The van der Waals surface area contributed by atoms with Crippen LogP contribution >= 0.6 is 0 Å². The zero-order chi connectivity index (χ0) is 12.5. The van der Waals surface area contributed by atoms with Crippen LogP contribution in [0.1, 0.15) is 29.8 Å². The molecule has 0 fully saturated rings. The molecule has 0 atom stereocenters. The molecule has 0 spiro atoms. The smallest absolute Gasteiger partial charge is 0.294 e. The quantitative estimate of drug-likeness (QED) is 0.563. The Bertz CT molecular complexity index is 407. The SMILES string of the molecule is CC(C)C(=O)c1cccc(C(F)(F)F)c1F. The lowest BCUT2D eigenvalue weighted by Crippen LogP contribution is -2.15. The Morgan fingerprint density at radius 1 is 1.25 bits per heavy atom. The molecule has 0 amide bonds. The molecule has 0 heterocycles. The van der Waals surface area contributed by atoms with Gasteiger partial charge < -0.3 is 0 Å². The van der Waals surface area contributed by atoms with Gasteiger partial charge in [0.1, 0.15) is 5.82 Å². The Kier molecular flexibility index (Phi) is 3.35. The summed E-state index contributed by atoms with van der Waals surface area (Å²) in [5.41, 5.74) is -1.91. The molecule has 0 saturated carbocycles. The first-order valence-electron chi connectivity index (χ1n) is 4.65. The normalized spacial score (nSPS) is 11.9. The maximum atomic E-state index is 13.4. The van der Waals surface area contributed by atoms with E-state index in [2.05, 4.69) is 0 Å². The van der Waals surface area contributed by atoms with Gasteiger partial charge in [0.15, 0.2) is 5.78 Å². The van der Waals surface area contributed by atoms with Crippen LogP contribution < -0.4 is 0 Å². The summed E-state index contributed by atoms with van der Waals surface area (Å²) in [5.74, 6) is -2.67. The number of benzene rings is 1. The fourth-order valence-corrected chi connectivity index (χ4v) is 1.25. The number of Topliss-reactive ketones (excluding diaryl/α,β-unsaturated/α-hetero) is 1. The highest BCUT2D eigenvalue weighted by Gasteiger charge is 2.35. The average molecular weight is 234 g/mol. The Morgan fingerprint density at radius 3 is 2.25 bits per heavy atom. The third-order valence-corrected chi connectivity index (χ3v) is 2.09. The van der Waals surface area contributed by atoms with Crippen LogP contribution in [0.4, 0.5) is 17.6 Å². The zero-order valence-corrected chi connectivity index (χ0v) is 8.73. The fourth-order valence-electron chi connectivity index (χ4n) is 1.25. The van der Waals surface area contributed by atoms with Gasteiger partial charge in [0.05, 0.1) is 11.1 Å². The summed E-state index contributed by atoms with van der Waals surface area (Å²) >= 11 is 0. The van der Waals surface area contributed by atoms with Crippen molar-refractivity contribution < 1.29 is 22.4 Å². The van der Waals surface area contributed by atoms with Gasteiger partial charge in [-0.2, -0.15) is 13.2 Å². The van der Waals surface area contributed by atoms with Crippen molar-refractivity contribution in [1.82, 2.24) is 0 Å². The van der Waals surface area contributed by atoms with E-state index < -0.39 is 34.8 Å². The van der Waals surface area contributed by atoms with E-state index in [0.29, 0.717) is 6.07 Å². The average Bonchev–Trinajstić information content (AvgIpc) is 2.15. The topological polar surface area (TPSA) is 17.1 Å². The molecule has 1 aromatic carbocycles. The van der Waals surface area contributed by atoms with Gasteiger partial charge in [0, 0.05) is 5.92 Å². The zero-order valence-electron chi connectivity index (χ0n) is 8.73. The standard InChI is InChI=1S/C11H10F4O/c1-6(2)10(16)7-4-3-5-8(9(7)12)11(13,14)15/h3-6H,1-2H3. The minimum atomic E-state index is -4.78. The highest BCUT2D eigenvalue weighted by Crippen LogP contribution is 2.32. The molecule has 1 aromatic rings. The molecule has 0 saturated heterocycles. The van der Waals surface area contributed by atoms with E-state index in [-0.39, 0.29) is 0 Å². The van der Waals surface area contributed by atoms with Gasteiger partial charge in [0.25, 0.3) is 0 Å². The van der Waals surface area contributed by atoms with Crippen LogP contribution in [0, 0.1) is 11.7 Å². The van der Waals surface area contributed by atoms with Crippen molar-refractivity contribution in [3.63, 3.8) is 0 Å². The molecule has 0 N–H and O–H groups in total. The van der Waals surface area contributed by atoms with E-state index in [1.165, 1.54) is 13.8 Å². The molecule has 0 bridgehead atoms. The molecule has 5 heteroatoms. The lowest BCUT2D eigenvalue weighted by atomic mass is 9.98. The van der Waals surface area contributed by atoms with Crippen molar-refractivity contribution in [1.29, 1.82) is 0 Å². The number of hydrogen-bond acceptors (Lipinski definition) is 1. The van der Waals surface area contributed by atoms with E-state index in [4.69, 9.17) is 0 Å². The highest BCUT2D eigenvalue weighted by atomic mass is 19.4. The first-order valence-corrected chi connectivity index (χ1v) is 4.65. The summed E-state index contributed by atoms with van der Waals surface area (Å²) < 4.78 is 50.5. The van der Waals surface area contributed by atoms with Crippen molar-refractivity contribution in [2.75, 3.05) is 0 Å². The molecule has 0 aromatic heterocycles. The first kappa shape index (κ1) is 12.7. The summed E-state index contributed by atoms with van der Waals surface area (Å²) in [7, 11) is 0. The molecule has 88 valence electrons. The monoisotopic (exact) mass is 234 g/mol. The van der Waals surface area contributed by atoms with Crippen LogP contribution in [0.5, 0.6) is 0 Å². The van der Waals surface area contributed by atoms with Gasteiger partial charge >= 0.3 is 6.18 Å². The molecule has 0 unspecified atom stereocenters. The third kappa shape index (κ3) is 2.40. The summed E-state index contributed by atoms with van der Waals surface area (Å²) in [6.45, 7) is 3.00. The molecule has 1 nitrogen and oxygen atoms in total. The van der Waals surface area contributed by atoms with Crippen LogP contribution in [0.15, 0.2) is 18.2 Å². The van der Waals surface area contributed by atoms with Gasteiger partial charge in [-0.25, -0.2) is 4.39 Å². The second-order valence-corrected chi connectivity index (χ2v) is 3.68.